The number of alkyl halides is 1. The standard InChI is InChI=1S/C6H11ClO5/c7-3(1-8)5(11)6(12)4(10)2-9/h1,3-6,9-12H,2H2/t3-,4+,5+,6+/m0/s1/i1D. The van der Waals surface area contributed by atoms with Gasteiger partial charge in [0.15, 0.2) is 0 Å². The molecular formula is C6H11ClO5. The Balaban J connectivity index is 4.24. The smallest absolute Gasteiger partial charge is 0.140 e. The lowest BCUT2D eigenvalue weighted by Gasteiger charge is -2.22. The van der Waals surface area contributed by atoms with Gasteiger partial charge in [0.2, 0.25) is 0 Å². The van der Waals surface area contributed by atoms with Gasteiger partial charge in [0.05, 0.1) is 6.61 Å². The molecule has 0 radical (unpaired) electrons. The average Bonchev–Trinajstić information content (AvgIpc) is 2.12. The van der Waals surface area contributed by atoms with Crippen LogP contribution in [0.4, 0.5) is 0 Å². The van der Waals surface area contributed by atoms with E-state index in [-0.39, 0.29) is 0 Å². The molecule has 0 aliphatic heterocycles. The molecule has 5 nitrogen and oxygen atoms in total. The summed E-state index contributed by atoms with van der Waals surface area (Å²) >= 11 is 5.22. The first-order valence-corrected chi connectivity index (χ1v) is 3.65. The summed E-state index contributed by atoms with van der Waals surface area (Å²) in [5.74, 6) is 0. The van der Waals surface area contributed by atoms with Crippen molar-refractivity contribution in [2.24, 2.45) is 0 Å². The molecule has 0 aromatic rings. The Labute approximate surface area is 75.6 Å². The van der Waals surface area contributed by atoms with Crippen molar-refractivity contribution in [1.82, 2.24) is 0 Å². The summed E-state index contributed by atoms with van der Waals surface area (Å²) in [6, 6.07) is 0. The van der Waals surface area contributed by atoms with E-state index in [4.69, 9.17) is 33.4 Å². The Kier molecular flexibility index (Phi) is 4.49. The molecule has 0 spiro atoms. The molecule has 6 heteroatoms. The number of hydrogen-bond donors (Lipinski definition) is 4. The molecule has 72 valence electrons. The molecule has 0 aliphatic rings. The van der Waals surface area contributed by atoms with Crippen LogP contribution in [-0.2, 0) is 4.79 Å². The van der Waals surface area contributed by atoms with E-state index >= 15 is 0 Å². The second-order valence-electron chi connectivity index (χ2n) is 2.25. The second kappa shape index (κ2) is 5.45. The molecule has 4 N–H and O–H groups in total. The van der Waals surface area contributed by atoms with Crippen LogP contribution in [0.2, 0.25) is 0 Å². The third-order valence-corrected chi connectivity index (χ3v) is 1.69. The monoisotopic (exact) mass is 199 g/mol. The van der Waals surface area contributed by atoms with Gasteiger partial charge in [0.1, 0.15) is 31.3 Å². The maximum absolute atomic E-state index is 10.3. The fourth-order valence-electron chi connectivity index (χ4n) is 0.578. The van der Waals surface area contributed by atoms with Gasteiger partial charge in [-0.05, 0) is 0 Å². The predicted octanol–water partition coefficient (Wildman–Crippen LogP) is -2.13. The number of aliphatic hydroxyl groups is 4. The van der Waals surface area contributed by atoms with Crippen LogP contribution in [0.1, 0.15) is 1.37 Å². The van der Waals surface area contributed by atoms with Crippen LogP contribution in [0.15, 0.2) is 0 Å². The number of carbonyl (C=O) groups excluding carboxylic acids is 1. The molecule has 12 heavy (non-hydrogen) atoms. The van der Waals surface area contributed by atoms with Gasteiger partial charge in [-0.3, -0.25) is 0 Å². The summed E-state index contributed by atoms with van der Waals surface area (Å²) in [5, 5.41) is 33.7. The molecule has 0 unspecified atom stereocenters. The van der Waals surface area contributed by atoms with Crippen LogP contribution < -0.4 is 0 Å². The zero-order chi connectivity index (χ0) is 10.6. The van der Waals surface area contributed by atoms with Gasteiger partial charge in [0.25, 0.3) is 0 Å². The summed E-state index contributed by atoms with van der Waals surface area (Å²) < 4.78 is 6.52. The molecule has 0 saturated heterocycles. The minimum absolute atomic E-state index is 0.770. The van der Waals surface area contributed by atoms with Crippen molar-refractivity contribution in [2.75, 3.05) is 6.61 Å². The van der Waals surface area contributed by atoms with Crippen molar-refractivity contribution in [3.63, 3.8) is 0 Å². The van der Waals surface area contributed by atoms with Gasteiger partial charge < -0.3 is 25.2 Å². The Bertz CT molecular complexity index is 178. The van der Waals surface area contributed by atoms with Gasteiger partial charge in [0, 0.05) is 0 Å². The zero-order valence-corrected chi connectivity index (χ0v) is 6.85. The van der Waals surface area contributed by atoms with Gasteiger partial charge in [-0.15, -0.1) is 11.6 Å². The maximum atomic E-state index is 10.3. The van der Waals surface area contributed by atoms with Crippen molar-refractivity contribution in [3.05, 3.63) is 0 Å². The number of halogens is 1. The third kappa shape index (κ3) is 3.04. The fraction of sp³-hybridized carbons (Fsp3) is 0.833. The SMILES string of the molecule is [2H]C(=O)[C@H](Cl)[C@@H](O)[C@H](O)[C@H](O)CO. The minimum Gasteiger partial charge on any atom is -0.394 e. The van der Waals surface area contributed by atoms with Gasteiger partial charge in [-0.2, -0.15) is 0 Å². The molecule has 0 saturated carbocycles. The number of hydrogen-bond acceptors (Lipinski definition) is 5. The number of rotatable bonds is 5. The van der Waals surface area contributed by atoms with Gasteiger partial charge in [-0.25, -0.2) is 0 Å². The third-order valence-electron chi connectivity index (χ3n) is 1.34. The molecule has 0 amide bonds. The first-order chi connectivity index (χ1) is 5.91. The molecular weight excluding hydrogens is 188 g/mol. The van der Waals surface area contributed by atoms with Crippen molar-refractivity contribution in [2.45, 2.75) is 23.7 Å². The quantitative estimate of drug-likeness (QED) is 0.300. The number of carbonyl (C=O) groups is 1. The highest BCUT2D eigenvalue weighted by Crippen LogP contribution is 2.07. The summed E-state index contributed by atoms with van der Waals surface area (Å²) in [6.07, 6.45) is -6.37. The van der Waals surface area contributed by atoms with E-state index in [9.17, 15) is 4.79 Å². The lowest BCUT2D eigenvalue weighted by Crippen LogP contribution is -2.44. The number of aliphatic hydroxyl groups excluding tert-OH is 4. The van der Waals surface area contributed by atoms with Crippen LogP contribution in [0.5, 0.6) is 0 Å². The minimum atomic E-state index is -1.77. The second-order valence-corrected chi connectivity index (χ2v) is 2.72. The topological polar surface area (TPSA) is 98.0 Å². The first-order valence-electron chi connectivity index (χ1n) is 3.71. The molecule has 0 aromatic carbocycles. The Morgan fingerprint density at radius 1 is 1.42 bits per heavy atom. The van der Waals surface area contributed by atoms with E-state index in [1.54, 1.807) is 0 Å². The first kappa shape index (κ1) is 9.88. The zero-order valence-electron chi connectivity index (χ0n) is 7.09. The van der Waals surface area contributed by atoms with Crippen molar-refractivity contribution >= 4 is 17.9 Å². The van der Waals surface area contributed by atoms with E-state index in [0.29, 0.717) is 0 Å². The highest BCUT2D eigenvalue weighted by molar-refractivity contribution is 6.28. The fourth-order valence-corrected chi connectivity index (χ4v) is 0.727. The Morgan fingerprint density at radius 2 is 1.92 bits per heavy atom. The van der Waals surface area contributed by atoms with E-state index in [1.165, 1.54) is 0 Å². The summed E-state index contributed by atoms with van der Waals surface area (Å²) in [7, 11) is 0. The highest BCUT2D eigenvalue weighted by atomic mass is 35.5. The molecule has 0 rings (SSSR count). The maximum Gasteiger partial charge on any atom is 0.140 e. The Morgan fingerprint density at radius 3 is 2.25 bits per heavy atom. The van der Waals surface area contributed by atoms with Crippen molar-refractivity contribution in [1.29, 1.82) is 0 Å². The normalized spacial score (nSPS) is 22.2. The predicted molar refractivity (Wildman–Crippen MR) is 40.8 cm³/mol. The Hall–Kier alpha value is -0.200. The van der Waals surface area contributed by atoms with Crippen molar-refractivity contribution in [3.8, 4) is 0 Å². The molecule has 4 atom stereocenters. The number of aldehydes is 1. The molecule has 0 fully saturated rings. The lowest BCUT2D eigenvalue weighted by molar-refractivity contribution is -0.114. The van der Waals surface area contributed by atoms with Crippen LogP contribution in [0.25, 0.3) is 0 Å². The van der Waals surface area contributed by atoms with E-state index in [2.05, 4.69) is 0 Å². The molecule has 0 aromatic heterocycles. The average molecular weight is 200 g/mol. The van der Waals surface area contributed by atoms with E-state index in [1.807, 2.05) is 0 Å². The van der Waals surface area contributed by atoms with Gasteiger partial charge in [-0.1, -0.05) is 0 Å². The van der Waals surface area contributed by atoms with Crippen LogP contribution >= 0.6 is 11.6 Å². The van der Waals surface area contributed by atoms with Crippen LogP contribution in [0, 0.1) is 0 Å². The van der Waals surface area contributed by atoms with E-state index < -0.39 is 36.6 Å². The molecule has 0 heterocycles. The largest absolute Gasteiger partial charge is 0.394 e. The van der Waals surface area contributed by atoms with E-state index in [0.717, 1.165) is 0 Å². The van der Waals surface area contributed by atoms with Crippen LogP contribution in [-0.4, -0.2) is 57.0 Å². The summed E-state index contributed by atoms with van der Waals surface area (Å²) in [4.78, 5) is 10.3. The van der Waals surface area contributed by atoms with Gasteiger partial charge >= 0.3 is 0 Å². The summed E-state index contributed by atoms with van der Waals surface area (Å²) in [5.41, 5.74) is 0. The highest BCUT2D eigenvalue weighted by Gasteiger charge is 2.29. The van der Waals surface area contributed by atoms with Crippen molar-refractivity contribution < 1.29 is 26.6 Å². The molecule has 0 bridgehead atoms. The summed E-state index contributed by atoms with van der Waals surface area (Å²) in [6.45, 7) is -0.770. The lowest BCUT2D eigenvalue weighted by atomic mass is 10.1. The van der Waals surface area contributed by atoms with Crippen LogP contribution in [0.3, 0.4) is 0 Å². The molecule has 0 aliphatic carbocycles.